The molecule has 0 bridgehead atoms. The molecule has 1 aliphatic rings. The summed E-state index contributed by atoms with van der Waals surface area (Å²) in [5.74, 6) is 0.694. The van der Waals surface area contributed by atoms with Crippen LogP contribution in [0.15, 0.2) is 30.3 Å². The van der Waals surface area contributed by atoms with E-state index in [2.05, 4.69) is 48.3 Å². The van der Waals surface area contributed by atoms with Crippen LogP contribution in [0.25, 0.3) is 0 Å². The average molecular weight is 360 g/mol. The highest BCUT2D eigenvalue weighted by atomic mass is 16.2. The van der Waals surface area contributed by atoms with Crippen LogP contribution in [0.3, 0.4) is 0 Å². The Bertz CT molecular complexity index is 519. The van der Waals surface area contributed by atoms with Crippen molar-refractivity contribution in [3.8, 4) is 0 Å². The maximum absolute atomic E-state index is 12.7. The van der Waals surface area contributed by atoms with Gasteiger partial charge < -0.3 is 11.1 Å². The fourth-order valence-corrected chi connectivity index (χ4v) is 3.69. The fraction of sp³-hybridized carbons (Fsp3) is 0.682. The molecule has 3 N–H and O–H groups in total. The molecule has 1 aromatic rings. The van der Waals surface area contributed by atoms with E-state index in [4.69, 9.17) is 5.73 Å². The number of nitrogens with two attached hydrogens (primary N) is 1. The van der Waals surface area contributed by atoms with Gasteiger partial charge >= 0.3 is 0 Å². The van der Waals surface area contributed by atoms with Crippen LogP contribution < -0.4 is 11.1 Å². The van der Waals surface area contributed by atoms with E-state index in [1.807, 2.05) is 6.07 Å². The molecule has 4 nitrogen and oxygen atoms in total. The first-order chi connectivity index (χ1) is 12.6. The van der Waals surface area contributed by atoms with Gasteiger partial charge in [0.15, 0.2) is 0 Å². The first kappa shape index (κ1) is 20.9. The number of piperidine rings is 1. The Balaban J connectivity index is 1.71. The summed E-state index contributed by atoms with van der Waals surface area (Å²) in [5, 5.41) is 3.16. The van der Waals surface area contributed by atoms with E-state index in [1.165, 1.54) is 12.0 Å². The van der Waals surface area contributed by atoms with Crippen molar-refractivity contribution in [3.05, 3.63) is 35.9 Å². The van der Waals surface area contributed by atoms with Gasteiger partial charge in [-0.05, 0) is 50.1 Å². The second-order valence-electron chi connectivity index (χ2n) is 7.79. The quantitative estimate of drug-likeness (QED) is 0.630. The molecular weight excluding hydrogens is 322 g/mol. The topological polar surface area (TPSA) is 58.4 Å². The lowest BCUT2D eigenvalue weighted by atomic mass is 9.96. The van der Waals surface area contributed by atoms with Crippen LogP contribution in [-0.2, 0) is 11.2 Å². The molecule has 1 fully saturated rings. The summed E-state index contributed by atoms with van der Waals surface area (Å²) >= 11 is 0. The molecule has 0 aliphatic carbocycles. The molecule has 1 aromatic carbocycles. The van der Waals surface area contributed by atoms with Gasteiger partial charge in [0.25, 0.3) is 0 Å². The van der Waals surface area contributed by atoms with Crippen molar-refractivity contribution in [3.63, 3.8) is 0 Å². The number of carbonyl (C=O) groups is 1. The number of rotatable bonds is 10. The fourth-order valence-electron chi connectivity index (χ4n) is 3.69. The highest BCUT2D eigenvalue weighted by Gasteiger charge is 2.30. The summed E-state index contributed by atoms with van der Waals surface area (Å²) in [6.07, 6.45) is 7.58. The van der Waals surface area contributed by atoms with E-state index in [1.54, 1.807) is 0 Å². The molecular formula is C22H37N3O. The number of benzene rings is 1. The number of aryl methyl sites for hydroxylation is 1. The highest BCUT2D eigenvalue weighted by Crippen LogP contribution is 2.19. The van der Waals surface area contributed by atoms with E-state index in [-0.39, 0.29) is 18.0 Å². The molecule has 146 valence electrons. The standard InChI is InChI=1S/C22H37N3O/c1-3-18(2)20(23)17-25-16-10-8-14-21(25)22(26)24-15-9-7-13-19-11-5-4-6-12-19/h4-6,11-12,18,20-21H,3,7-10,13-17,23H2,1-2H3,(H,24,26)/t18-,20+,21-/m0/s1. The molecule has 0 spiro atoms. The molecule has 0 aromatic heterocycles. The Morgan fingerprint density at radius 2 is 2.04 bits per heavy atom. The Morgan fingerprint density at radius 3 is 2.77 bits per heavy atom. The minimum atomic E-state index is 0.00739. The number of carbonyl (C=O) groups excluding carboxylic acids is 1. The van der Waals surface area contributed by atoms with Gasteiger partial charge in [0.05, 0.1) is 6.04 Å². The van der Waals surface area contributed by atoms with Crippen LogP contribution in [0.5, 0.6) is 0 Å². The minimum absolute atomic E-state index is 0.00739. The number of nitrogens with one attached hydrogen (secondary N) is 1. The predicted molar refractivity (Wildman–Crippen MR) is 109 cm³/mol. The molecule has 4 heteroatoms. The van der Waals surface area contributed by atoms with Crippen LogP contribution in [0, 0.1) is 5.92 Å². The Labute approximate surface area is 159 Å². The number of nitrogens with zero attached hydrogens (tertiary/aromatic N) is 1. The Kier molecular flexibility index (Phi) is 9.13. The summed E-state index contributed by atoms with van der Waals surface area (Å²) in [5.41, 5.74) is 7.71. The van der Waals surface area contributed by atoms with E-state index < -0.39 is 0 Å². The van der Waals surface area contributed by atoms with Crippen molar-refractivity contribution in [2.75, 3.05) is 19.6 Å². The second-order valence-corrected chi connectivity index (χ2v) is 7.79. The second kappa shape index (κ2) is 11.3. The number of hydrogen-bond acceptors (Lipinski definition) is 3. The zero-order valence-corrected chi connectivity index (χ0v) is 16.6. The molecule has 1 amide bonds. The van der Waals surface area contributed by atoms with Crippen LogP contribution >= 0.6 is 0 Å². The van der Waals surface area contributed by atoms with Crippen molar-refractivity contribution in [2.45, 2.75) is 70.9 Å². The third kappa shape index (κ3) is 6.73. The molecule has 1 heterocycles. The van der Waals surface area contributed by atoms with Gasteiger partial charge in [-0.1, -0.05) is 57.0 Å². The van der Waals surface area contributed by atoms with Gasteiger partial charge in [0.2, 0.25) is 5.91 Å². The number of hydrogen-bond donors (Lipinski definition) is 2. The third-order valence-corrected chi connectivity index (χ3v) is 5.77. The number of unbranched alkanes of at least 4 members (excludes halogenated alkanes) is 1. The Hall–Kier alpha value is -1.39. The van der Waals surface area contributed by atoms with Gasteiger partial charge in [-0.3, -0.25) is 9.69 Å². The van der Waals surface area contributed by atoms with Gasteiger partial charge in [-0.15, -0.1) is 0 Å². The van der Waals surface area contributed by atoms with E-state index in [0.29, 0.717) is 5.92 Å². The van der Waals surface area contributed by atoms with Crippen LogP contribution in [0.1, 0.15) is 57.9 Å². The lowest BCUT2D eigenvalue weighted by molar-refractivity contribution is -0.127. The smallest absolute Gasteiger partial charge is 0.237 e. The molecule has 1 aliphatic heterocycles. The van der Waals surface area contributed by atoms with Gasteiger partial charge in [0, 0.05) is 19.1 Å². The van der Waals surface area contributed by atoms with Gasteiger partial charge in [-0.25, -0.2) is 0 Å². The van der Waals surface area contributed by atoms with E-state index in [0.717, 1.165) is 58.2 Å². The van der Waals surface area contributed by atoms with E-state index >= 15 is 0 Å². The van der Waals surface area contributed by atoms with Crippen molar-refractivity contribution < 1.29 is 4.79 Å². The van der Waals surface area contributed by atoms with Crippen LogP contribution in [0.2, 0.25) is 0 Å². The lowest BCUT2D eigenvalue weighted by Gasteiger charge is -2.37. The van der Waals surface area contributed by atoms with Crippen LogP contribution in [0.4, 0.5) is 0 Å². The first-order valence-electron chi connectivity index (χ1n) is 10.4. The third-order valence-electron chi connectivity index (χ3n) is 5.77. The van der Waals surface area contributed by atoms with Gasteiger partial charge in [0.1, 0.15) is 0 Å². The lowest BCUT2D eigenvalue weighted by Crippen LogP contribution is -2.53. The predicted octanol–water partition coefficient (Wildman–Crippen LogP) is 3.35. The largest absolute Gasteiger partial charge is 0.355 e. The minimum Gasteiger partial charge on any atom is -0.355 e. The highest BCUT2D eigenvalue weighted by molar-refractivity contribution is 5.81. The average Bonchev–Trinajstić information content (AvgIpc) is 2.68. The summed E-state index contributed by atoms with van der Waals surface area (Å²) in [6.45, 7) is 6.99. The maximum atomic E-state index is 12.7. The molecule has 26 heavy (non-hydrogen) atoms. The monoisotopic (exact) mass is 359 g/mol. The first-order valence-corrected chi connectivity index (χ1v) is 10.4. The molecule has 3 atom stereocenters. The molecule has 0 saturated carbocycles. The normalized spacial score (nSPS) is 20.5. The number of amides is 1. The van der Waals surface area contributed by atoms with Crippen molar-refractivity contribution in [1.29, 1.82) is 0 Å². The zero-order chi connectivity index (χ0) is 18.8. The maximum Gasteiger partial charge on any atom is 0.237 e. The zero-order valence-electron chi connectivity index (χ0n) is 16.6. The number of likely N-dealkylation sites (tertiary alicyclic amines) is 1. The summed E-state index contributed by atoms with van der Waals surface area (Å²) in [4.78, 5) is 15.0. The van der Waals surface area contributed by atoms with Crippen molar-refractivity contribution in [2.24, 2.45) is 11.7 Å². The summed E-state index contributed by atoms with van der Waals surface area (Å²) < 4.78 is 0. The van der Waals surface area contributed by atoms with Gasteiger partial charge in [-0.2, -0.15) is 0 Å². The summed E-state index contributed by atoms with van der Waals surface area (Å²) in [7, 11) is 0. The SMILES string of the molecule is CC[C@H](C)[C@H](N)CN1CCCC[C@H]1C(=O)NCCCCc1ccccc1. The molecule has 0 unspecified atom stereocenters. The summed E-state index contributed by atoms with van der Waals surface area (Å²) in [6, 6.07) is 10.7. The Morgan fingerprint density at radius 1 is 1.27 bits per heavy atom. The van der Waals surface area contributed by atoms with E-state index in [9.17, 15) is 4.79 Å². The molecule has 1 saturated heterocycles. The molecule has 0 radical (unpaired) electrons. The molecule has 2 rings (SSSR count). The van der Waals surface area contributed by atoms with Crippen LogP contribution in [-0.4, -0.2) is 42.5 Å². The van der Waals surface area contributed by atoms with Crippen molar-refractivity contribution in [1.82, 2.24) is 10.2 Å². The van der Waals surface area contributed by atoms with Crippen molar-refractivity contribution >= 4 is 5.91 Å².